The Kier molecular flexibility index (Phi) is 4.49. The molecule has 2 rings (SSSR count). The topological polar surface area (TPSA) is 63.2 Å². The lowest BCUT2D eigenvalue weighted by Crippen LogP contribution is -2.33. The van der Waals surface area contributed by atoms with Crippen LogP contribution in [-0.2, 0) is 10.0 Å². The lowest BCUT2D eigenvalue weighted by atomic mass is 10.2. The molecule has 0 aliphatic carbocycles. The van der Waals surface area contributed by atoms with Crippen molar-refractivity contribution in [2.45, 2.75) is 4.90 Å². The minimum absolute atomic E-state index is 0.0648. The Hall–Kier alpha value is -1.66. The molecule has 5 nitrogen and oxygen atoms in total. The van der Waals surface area contributed by atoms with Gasteiger partial charge >= 0.3 is 0 Å². The molecule has 1 amide bonds. The van der Waals surface area contributed by atoms with Crippen LogP contribution in [0.3, 0.4) is 0 Å². The standard InChI is InChI=1S/C7H5NO3S.C6H14N/c9-7-5-3-1-2-4-6(5)12(10,11)8-7;1-5-6-7(2,3)4/h1-4H,(H,8,9);5H,1,6H2,2-4H3/q;+1. The number of carbonyl (C=O) groups is 1. The summed E-state index contributed by atoms with van der Waals surface area (Å²) in [6.45, 7) is 4.67. The predicted octanol–water partition coefficient (Wildman–Crippen LogP) is 0.997. The van der Waals surface area contributed by atoms with Crippen molar-refractivity contribution in [2.75, 3.05) is 27.7 Å². The molecule has 6 heteroatoms. The first-order valence-electron chi connectivity index (χ1n) is 5.75. The third-order valence-corrected chi connectivity index (χ3v) is 3.71. The Morgan fingerprint density at radius 2 is 1.84 bits per heavy atom. The molecule has 1 aliphatic rings. The van der Waals surface area contributed by atoms with Crippen LogP contribution in [0.2, 0.25) is 0 Å². The van der Waals surface area contributed by atoms with E-state index in [0.29, 0.717) is 0 Å². The molecule has 0 aromatic heterocycles. The Balaban J connectivity index is 0.000000224. The van der Waals surface area contributed by atoms with Gasteiger partial charge in [0.25, 0.3) is 15.9 Å². The molecule has 0 spiro atoms. The number of sulfonamides is 1. The van der Waals surface area contributed by atoms with E-state index >= 15 is 0 Å². The number of nitrogens with one attached hydrogen (secondary N) is 1. The van der Waals surface area contributed by atoms with Gasteiger partial charge in [0.2, 0.25) is 0 Å². The zero-order valence-corrected chi connectivity index (χ0v) is 12.2. The van der Waals surface area contributed by atoms with Gasteiger partial charge in [-0.3, -0.25) is 4.79 Å². The maximum Gasteiger partial charge on any atom is 0.266 e. The SMILES string of the molecule is C=CC[N+](C)(C)C.O=C1NS(=O)(=O)c2ccccc21. The minimum atomic E-state index is -3.55. The predicted molar refractivity (Wildman–Crippen MR) is 74.2 cm³/mol. The second-order valence-corrected chi connectivity index (χ2v) is 6.84. The molecular formula is C13H19N2O3S+. The molecule has 1 heterocycles. The van der Waals surface area contributed by atoms with E-state index in [-0.39, 0.29) is 10.5 Å². The summed E-state index contributed by atoms with van der Waals surface area (Å²) >= 11 is 0. The normalized spacial score (nSPS) is 15.8. The Bertz CT molecular complexity index is 586. The molecule has 19 heavy (non-hydrogen) atoms. The highest BCUT2D eigenvalue weighted by Crippen LogP contribution is 2.20. The highest BCUT2D eigenvalue weighted by atomic mass is 32.2. The maximum absolute atomic E-state index is 11.1. The summed E-state index contributed by atoms with van der Waals surface area (Å²) in [4.78, 5) is 11.1. The molecule has 0 bridgehead atoms. The number of hydrogen-bond donors (Lipinski definition) is 1. The first-order chi connectivity index (χ1) is 8.67. The van der Waals surface area contributed by atoms with Crippen molar-refractivity contribution in [2.24, 2.45) is 0 Å². The van der Waals surface area contributed by atoms with Gasteiger partial charge in [-0.1, -0.05) is 18.7 Å². The van der Waals surface area contributed by atoms with E-state index in [2.05, 4.69) is 27.7 Å². The Morgan fingerprint density at radius 1 is 1.26 bits per heavy atom. The van der Waals surface area contributed by atoms with Crippen LogP contribution < -0.4 is 4.72 Å². The van der Waals surface area contributed by atoms with Crippen LogP contribution in [0.15, 0.2) is 41.8 Å². The molecule has 0 radical (unpaired) electrons. The van der Waals surface area contributed by atoms with Crippen molar-refractivity contribution in [3.05, 3.63) is 42.5 Å². The van der Waals surface area contributed by atoms with Gasteiger partial charge in [0.15, 0.2) is 0 Å². The summed E-state index contributed by atoms with van der Waals surface area (Å²) in [7, 11) is 2.87. The zero-order valence-electron chi connectivity index (χ0n) is 11.4. The second kappa shape index (κ2) is 5.54. The van der Waals surface area contributed by atoms with Crippen LogP contribution in [0.4, 0.5) is 0 Å². The quantitative estimate of drug-likeness (QED) is 0.650. The van der Waals surface area contributed by atoms with E-state index in [0.717, 1.165) is 11.0 Å². The molecule has 0 fully saturated rings. The van der Waals surface area contributed by atoms with Crippen LogP contribution in [0.1, 0.15) is 10.4 Å². The number of hydrogen-bond acceptors (Lipinski definition) is 3. The lowest BCUT2D eigenvalue weighted by molar-refractivity contribution is -0.864. The van der Waals surface area contributed by atoms with Gasteiger partial charge in [-0.15, -0.1) is 0 Å². The highest BCUT2D eigenvalue weighted by Gasteiger charge is 2.31. The zero-order chi connectivity index (χ0) is 14.7. The lowest BCUT2D eigenvalue weighted by Gasteiger charge is -2.21. The van der Waals surface area contributed by atoms with E-state index < -0.39 is 15.9 Å². The van der Waals surface area contributed by atoms with Crippen LogP contribution in [-0.4, -0.2) is 46.5 Å². The van der Waals surface area contributed by atoms with Crippen molar-refractivity contribution < 1.29 is 17.7 Å². The van der Waals surface area contributed by atoms with Crippen LogP contribution >= 0.6 is 0 Å². The summed E-state index contributed by atoms with van der Waals surface area (Å²) in [6, 6.07) is 6.09. The number of quaternary nitrogens is 1. The summed E-state index contributed by atoms with van der Waals surface area (Å²) in [5.41, 5.74) is 0.220. The van der Waals surface area contributed by atoms with Gasteiger partial charge in [0.05, 0.1) is 33.3 Å². The molecule has 1 aliphatic heterocycles. The summed E-state index contributed by atoms with van der Waals surface area (Å²) in [5.74, 6) is -0.550. The number of benzene rings is 1. The van der Waals surface area contributed by atoms with E-state index in [9.17, 15) is 13.2 Å². The summed E-state index contributed by atoms with van der Waals surface area (Å²) in [5, 5.41) is 0. The van der Waals surface area contributed by atoms with Gasteiger partial charge in [0, 0.05) is 0 Å². The maximum atomic E-state index is 11.1. The molecular weight excluding hydrogens is 264 g/mol. The van der Waals surface area contributed by atoms with Gasteiger partial charge in [-0.25, -0.2) is 13.1 Å². The van der Waals surface area contributed by atoms with Crippen molar-refractivity contribution in [1.29, 1.82) is 0 Å². The van der Waals surface area contributed by atoms with E-state index in [1.165, 1.54) is 12.1 Å². The van der Waals surface area contributed by atoms with E-state index in [4.69, 9.17) is 0 Å². The van der Waals surface area contributed by atoms with Crippen LogP contribution in [0.25, 0.3) is 0 Å². The molecule has 104 valence electrons. The van der Waals surface area contributed by atoms with Gasteiger partial charge in [-0.05, 0) is 18.2 Å². The van der Waals surface area contributed by atoms with E-state index in [1.54, 1.807) is 12.1 Å². The monoisotopic (exact) mass is 283 g/mol. The molecule has 0 atom stereocenters. The van der Waals surface area contributed by atoms with E-state index in [1.807, 2.05) is 10.8 Å². The first kappa shape index (κ1) is 15.4. The molecule has 1 aromatic rings. The summed E-state index contributed by atoms with van der Waals surface area (Å²) in [6.07, 6.45) is 1.93. The number of nitrogens with zero attached hydrogens (tertiary/aromatic N) is 1. The third-order valence-electron chi connectivity index (χ3n) is 2.33. The largest absolute Gasteiger partial charge is 0.328 e. The Labute approximate surface area is 114 Å². The second-order valence-electron chi connectivity index (χ2n) is 5.19. The van der Waals surface area contributed by atoms with Crippen molar-refractivity contribution in [1.82, 2.24) is 4.72 Å². The number of carbonyl (C=O) groups excluding carboxylic acids is 1. The number of likely N-dealkylation sites (N-methyl/N-ethyl adjacent to an activating group) is 1. The van der Waals surface area contributed by atoms with Gasteiger partial charge < -0.3 is 4.48 Å². The third kappa shape index (κ3) is 4.18. The average Bonchev–Trinajstić information content (AvgIpc) is 2.50. The number of amides is 1. The smallest absolute Gasteiger partial charge is 0.266 e. The first-order valence-corrected chi connectivity index (χ1v) is 7.23. The fraction of sp³-hybridized carbons (Fsp3) is 0.308. The van der Waals surface area contributed by atoms with Crippen molar-refractivity contribution >= 4 is 15.9 Å². The number of rotatable bonds is 2. The molecule has 0 saturated heterocycles. The molecule has 0 unspecified atom stereocenters. The minimum Gasteiger partial charge on any atom is -0.328 e. The van der Waals surface area contributed by atoms with Crippen molar-refractivity contribution in [3.63, 3.8) is 0 Å². The van der Waals surface area contributed by atoms with Crippen LogP contribution in [0, 0.1) is 0 Å². The fourth-order valence-electron chi connectivity index (χ4n) is 1.51. The van der Waals surface area contributed by atoms with Crippen molar-refractivity contribution in [3.8, 4) is 0 Å². The number of fused-ring (bicyclic) bond motifs is 1. The van der Waals surface area contributed by atoms with Gasteiger partial charge in [0.1, 0.15) is 4.90 Å². The van der Waals surface area contributed by atoms with Crippen LogP contribution in [0.5, 0.6) is 0 Å². The highest BCUT2D eigenvalue weighted by molar-refractivity contribution is 7.90. The molecule has 1 N–H and O–H groups in total. The summed E-state index contributed by atoms with van der Waals surface area (Å²) < 4.78 is 25.1. The average molecular weight is 283 g/mol. The Morgan fingerprint density at radius 3 is 2.26 bits per heavy atom. The molecule has 0 saturated carbocycles. The molecule has 1 aromatic carbocycles. The van der Waals surface area contributed by atoms with Gasteiger partial charge in [-0.2, -0.15) is 0 Å². The fourth-order valence-corrected chi connectivity index (χ4v) is 2.68.